The Kier molecular flexibility index (Phi) is 4.59. The van der Waals surface area contributed by atoms with Crippen LogP contribution in [0.5, 0.6) is 0 Å². The molecule has 0 atom stereocenters. The first-order chi connectivity index (χ1) is 8.78. The minimum atomic E-state index is -0.126. The molecule has 0 unspecified atom stereocenters. The Hall–Kier alpha value is -1.55. The van der Waals surface area contributed by atoms with Crippen LogP contribution in [-0.2, 0) is 6.42 Å². The first-order valence-corrected chi connectivity index (χ1v) is 6.55. The van der Waals surface area contributed by atoms with Crippen molar-refractivity contribution in [2.24, 2.45) is 0 Å². The van der Waals surface area contributed by atoms with Gasteiger partial charge in [-0.2, -0.15) is 0 Å². The van der Waals surface area contributed by atoms with Crippen molar-refractivity contribution in [2.75, 3.05) is 11.9 Å². The van der Waals surface area contributed by atoms with Crippen molar-refractivity contribution in [1.82, 2.24) is 5.32 Å². The lowest BCUT2D eigenvalue weighted by atomic mass is 9.93. The van der Waals surface area contributed by atoms with E-state index in [0.29, 0.717) is 6.04 Å². The van der Waals surface area contributed by atoms with Gasteiger partial charge in [-0.25, -0.2) is 4.79 Å². The van der Waals surface area contributed by atoms with Gasteiger partial charge in [0.05, 0.1) is 0 Å². The molecular weight excluding hydrogens is 228 g/mol. The average Bonchev–Trinajstić information content (AvgIpc) is 2.32. The van der Waals surface area contributed by atoms with Gasteiger partial charge in [0.15, 0.2) is 0 Å². The van der Waals surface area contributed by atoms with Crippen LogP contribution in [0.1, 0.15) is 31.2 Å². The van der Waals surface area contributed by atoms with Gasteiger partial charge >= 0.3 is 6.03 Å². The minimum absolute atomic E-state index is 0.126. The number of benzene rings is 1. The first kappa shape index (κ1) is 12.9. The molecule has 18 heavy (non-hydrogen) atoms. The Balaban J connectivity index is 1.85. The monoisotopic (exact) mass is 248 g/mol. The number of rotatable bonds is 5. The molecule has 0 spiro atoms. The smallest absolute Gasteiger partial charge is 0.319 e. The number of carbonyl (C=O) groups is 1. The average molecular weight is 248 g/mol. The highest BCUT2D eigenvalue weighted by Crippen LogP contribution is 2.18. The van der Waals surface area contributed by atoms with Gasteiger partial charge < -0.3 is 15.7 Å². The Labute approximate surface area is 107 Å². The second-order valence-corrected chi connectivity index (χ2v) is 4.75. The molecular formula is C14H20N2O2. The fourth-order valence-corrected chi connectivity index (χ4v) is 1.99. The molecule has 98 valence electrons. The third kappa shape index (κ3) is 3.74. The van der Waals surface area contributed by atoms with Crippen LogP contribution in [-0.4, -0.2) is 23.8 Å². The highest BCUT2D eigenvalue weighted by Gasteiger charge is 2.19. The quantitative estimate of drug-likeness (QED) is 0.748. The van der Waals surface area contributed by atoms with E-state index >= 15 is 0 Å². The number of hydrogen-bond donors (Lipinski definition) is 3. The van der Waals surface area contributed by atoms with Crippen LogP contribution < -0.4 is 10.6 Å². The molecule has 1 aromatic carbocycles. The van der Waals surface area contributed by atoms with E-state index in [2.05, 4.69) is 10.6 Å². The lowest BCUT2D eigenvalue weighted by Gasteiger charge is -2.26. The molecule has 4 nitrogen and oxygen atoms in total. The molecule has 4 heteroatoms. The summed E-state index contributed by atoms with van der Waals surface area (Å²) in [7, 11) is 0. The maximum Gasteiger partial charge on any atom is 0.319 e. The van der Waals surface area contributed by atoms with Crippen molar-refractivity contribution in [2.45, 2.75) is 38.1 Å². The van der Waals surface area contributed by atoms with Gasteiger partial charge in [0.2, 0.25) is 0 Å². The van der Waals surface area contributed by atoms with Gasteiger partial charge in [0.1, 0.15) is 0 Å². The molecule has 0 aliphatic heterocycles. The van der Waals surface area contributed by atoms with Crippen LogP contribution in [0.3, 0.4) is 0 Å². The van der Waals surface area contributed by atoms with Crippen molar-refractivity contribution in [3.63, 3.8) is 0 Å². The van der Waals surface area contributed by atoms with Crippen molar-refractivity contribution < 1.29 is 9.90 Å². The molecule has 0 radical (unpaired) electrons. The molecule has 2 amide bonds. The van der Waals surface area contributed by atoms with E-state index in [1.54, 1.807) is 0 Å². The summed E-state index contributed by atoms with van der Waals surface area (Å²) in [5.41, 5.74) is 1.94. The number of hydrogen-bond acceptors (Lipinski definition) is 2. The normalized spacial score (nSPS) is 14.9. The predicted octanol–water partition coefficient (Wildman–Crippen LogP) is 2.29. The van der Waals surface area contributed by atoms with Gasteiger partial charge in [-0.05, 0) is 49.8 Å². The highest BCUT2D eigenvalue weighted by atomic mass is 16.2. The lowest BCUT2D eigenvalue weighted by molar-refractivity contribution is 0.240. The molecule has 3 N–H and O–H groups in total. The van der Waals surface area contributed by atoms with Gasteiger partial charge in [-0.15, -0.1) is 0 Å². The van der Waals surface area contributed by atoms with Crippen molar-refractivity contribution >= 4 is 11.7 Å². The van der Waals surface area contributed by atoms with Crippen LogP contribution in [0, 0.1) is 0 Å². The second kappa shape index (κ2) is 6.40. The standard InChI is InChI=1S/C14H20N2O2/c17-9-3-5-11-4-1-8-13(10-11)16-14(18)15-12-6-2-7-12/h1,4,8,10,12,17H,2-3,5-7,9H2,(H2,15,16,18). The van der Waals surface area contributed by atoms with Crippen molar-refractivity contribution in [1.29, 1.82) is 0 Å². The topological polar surface area (TPSA) is 61.4 Å². The molecule has 1 aliphatic carbocycles. The Morgan fingerprint density at radius 1 is 1.39 bits per heavy atom. The van der Waals surface area contributed by atoms with Gasteiger partial charge in [0.25, 0.3) is 0 Å². The van der Waals surface area contributed by atoms with Crippen molar-refractivity contribution in [3.05, 3.63) is 29.8 Å². The molecule has 1 fully saturated rings. The SMILES string of the molecule is O=C(Nc1cccc(CCCO)c1)NC1CCC1. The molecule has 0 heterocycles. The van der Waals surface area contributed by atoms with E-state index in [-0.39, 0.29) is 12.6 Å². The molecule has 1 saturated carbocycles. The maximum atomic E-state index is 11.7. The first-order valence-electron chi connectivity index (χ1n) is 6.55. The zero-order valence-corrected chi connectivity index (χ0v) is 10.5. The molecule has 1 aromatic rings. The van der Waals surface area contributed by atoms with Crippen LogP contribution in [0.15, 0.2) is 24.3 Å². The van der Waals surface area contributed by atoms with E-state index < -0.39 is 0 Å². The lowest BCUT2D eigenvalue weighted by Crippen LogP contribution is -2.41. The number of aliphatic hydroxyl groups excluding tert-OH is 1. The number of aliphatic hydroxyl groups is 1. The summed E-state index contributed by atoms with van der Waals surface area (Å²) in [5.74, 6) is 0. The fourth-order valence-electron chi connectivity index (χ4n) is 1.99. The number of urea groups is 1. The molecule has 0 aromatic heterocycles. The van der Waals surface area contributed by atoms with Crippen molar-refractivity contribution in [3.8, 4) is 0 Å². The second-order valence-electron chi connectivity index (χ2n) is 4.75. The molecule has 2 rings (SSSR count). The number of carbonyl (C=O) groups excluding carboxylic acids is 1. The highest BCUT2D eigenvalue weighted by molar-refractivity contribution is 5.89. The minimum Gasteiger partial charge on any atom is -0.396 e. The summed E-state index contributed by atoms with van der Waals surface area (Å²) in [4.78, 5) is 11.7. The largest absolute Gasteiger partial charge is 0.396 e. The zero-order valence-electron chi connectivity index (χ0n) is 10.5. The van der Waals surface area contributed by atoms with E-state index in [1.807, 2.05) is 24.3 Å². The number of nitrogens with one attached hydrogen (secondary N) is 2. The third-order valence-corrected chi connectivity index (χ3v) is 3.25. The third-order valence-electron chi connectivity index (χ3n) is 3.25. The Morgan fingerprint density at radius 2 is 2.22 bits per heavy atom. The number of amides is 2. The predicted molar refractivity (Wildman–Crippen MR) is 71.6 cm³/mol. The summed E-state index contributed by atoms with van der Waals surface area (Å²) in [6.45, 7) is 0.194. The van der Waals surface area contributed by atoms with Crippen LogP contribution in [0.4, 0.5) is 10.5 Å². The molecule has 0 saturated heterocycles. The van der Waals surface area contributed by atoms with Gasteiger partial charge in [-0.3, -0.25) is 0 Å². The summed E-state index contributed by atoms with van der Waals surface area (Å²) >= 11 is 0. The summed E-state index contributed by atoms with van der Waals surface area (Å²) in [6, 6.07) is 7.98. The van der Waals surface area contributed by atoms with Crippen LogP contribution in [0.2, 0.25) is 0 Å². The van der Waals surface area contributed by atoms with Crippen LogP contribution >= 0.6 is 0 Å². The zero-order chi connectivity index (χ0) is 12.8. The number of aryl methyl sites for hydroxylation is 1. The maximum absolute atomic E-state index is 11.7. The number of anilines is 1. The summed E-state index contributed by atoms with van der Waals surface area (Å²) < 4.78 is 0. The molecule has 1 aliphatic rings. The Morgan fingerprint density at radius 3 is 2.89 bits per heavy atom. The van der Waals surface area contributed by atoms with E-state index in [9.17, 15) is 4.79 Å². The van der Waals surface area contributed by atoms with Gasteiger partial charge in [-0.1, -0.05) is 12.1 Å². The summed E-state index contributed by atoms with van der Waals surface area (Å²) in [6.07, 6.45) is 4.96. The molecule has 0 bridgehead atoms. The Bertz CT molecular complexity index is 403. The van der Waals surface area contributed by atoms with E-state index in [0.717, 1.165) is 36.9 Å². The fraction of sp³-hybridized carbons (Fsp3) is 0.500. The van der Waals surface area contributed by atoms with Crippen LogP contribution in [0.25, 0.3) is 0 Å². The van der Waals surface area contributed by atoms with Gasteiger partial charge in [0, 0.05) is 18.3 Å². The van der Waals surface area contributed by atoms with E-state index in [4.69, 9.17) is 5.11 Å². The summed E-state index contributed by atoms with van der Waals surface area (Å²) in [5, 5.41) is 14.6. The van der Waals surface area contributed by atoms with E-state index in [1.165, 1.54) is 6.42 Å².